The van der Waals surface area contributed by atoms with E-state index >= 15 is 0 Å². The molecule has 0 spiro atoms. The van der Waals surface area contributed by atoms with Crippen LogP contribution in [0.5, 0.6) is 0 Å². The van der Waals surface area contributed by atoms with Gasteiger partial charge in [-0.15, -0.1) is 0 Å². The molecule has 0 atom stereocenters. The molecule has 0 heterocycles. The van der Waals surface area contributed by atoms with Crippen LogP contribution in [-0.4, -0.2) is 71.2 Å². The van der Waals surface area contributed by atoms with E-state index in [4.69, 9.17) is 5.11 Å². The SMILES string of the molecule is OCCCC(F)(F)C(F)(F)C(F)(F)C(F)(F)C(F)(F)C(F)(F)C(F)(F)C(F)(F)C(F)(F)C(F)(F)F. The van der Waals surface area contributed by atoms with Gasteiger partial charge >= 0.3 is 59.5 Å². The average Bonchev–Trinajstić information content (AvgIpc) is 2.64. The zero-order chi connectivity index (χ0) is 29.1. The van der Waals surface area contributed by atoms with E-state index in [0.29, 0.717) is 0 Å². The molecule has 35 heavy (non-hydrogen) atoms. The molecule has 0 radical (unpaired) electrons. The van der Waals surface area contributed by atoms with Crippen molar-refractivity contribution in [2.24, 2.45) is 0 Å². The van der Waals surface area contributed by atoms with Crippen molar-refractivity contribution in [1.29, 1.82) is 0 Å². The lowest BCUT2D eigenvalue weighted by atomic mass is 9.85. The highest BCUT2D eigenvalue weighted by Crippen LogP contribution is 2.66. The standard InChI is InChI=1S/C13H7F21O/c14-4(15,2-1-3-35)5(16,17)6(18,19)7(20,21)8(22,23)9(24,25)10(26,27)11(28,29)12(30,31)13(32,33)34/h35H,1-3H2. The summed E-state index contributed by atoms with van der Waals surface area (Å²) in [6.45, 7) is -1.59. The predicted octanol–water partition coefficient (Wildman–Crippen LogP) is 7.04. The van der Waals surface area contributed by atoms with Crippen molar-refractivity contribution in [3.63, 3.8) is 0 Å². The van der Waals surface area contributed by atoms with Crippen molar-refractivity contribution < 1.29 is 97.3 Å². The zero-order valence-electron chi connectivity index (χ0n) is 15.5. The number of alkyl halides is 21. The second-order valence-corrected chi connectivity index (χ2v) is 6.62. The Balaban J connectivity index is 6.97. The number of aliphatic hydroxyl groups is 1. The molecule has 0 saturated carbocycles. The Hall–Kier alpha value is -1.51. The van der Waals surface area contributed by atoms with Crippen molar-refractivity contribution in [2.45, 2.75) is 72.3 Å². The molecular formula is C13H7F21O. The lowest BCUT2D eigenvalue weighted by Gasteiger charge is -2.44. The zero-order valence-corrected chi connectivity index (χ0v) is 15.5. The van der Waals surface area contributed by atoms with Crippen LogP contribution in [0.1, 0.15) is 12.8 Å². The second kappa shape index (κ2) is 8.52. The minimum Gasteiger partial charge on any atom is -0.396 e. The molecule has 0 rings (SSSR count). The van der Waals surface area contributed by atoms with Gasteiger partial charge in [-0.25, -0.2) is 0 Å². The average molecular weight is 578 g/mol. The van der Waals surface area contributed by atoms with E-state index in [2.05, 4.69) is 0 Å². The summed E-state index contributed by atoms with van der Waals surface area (Å²) < 4.78 is 274. The van der Waals surface area contributed by atoms with Crippen LogP contribution >= 0.6 is 0 Å². The molecule has 0 aromatic carbocycles. The molecule has 0 aliphatic carbocycles. The molecule has 0 amide bonds. The van der Waals surface area contributed by atoms with Gasteiger partial charge in [0.25, 0.3) is 0 Å². The largest absolute Gasteiger partial charge is 0.460 e. The van der Waals surface area contributed by atoms with E-state index in [9.17, 15) is 92.2 Å². The third-order valence-corrected chi connectivity index (χ3v) is 4.22. The molecule has 0 fully saturated rings. The monoisotopic (exact) mass is 578 g/mol. The molecule has 0 unspecified atom stereocenters. The molecular weight excluding hydrogens is 571 g/mol. The Morgan fingerprint density at radius 2 is 0.571 bits per heavy atom. The maximum Gasteiger partial charge on any atom is 0.460 e. The molecule has 22 heteroatoms. The summed E-state index contributed by atoms with van der Waals surface area (Å²) >= 11 is 0. The van der Waals surface area contributed by atoms with Gasteiger partial charge in [-0.05, 0) is 6.42 Å². The third kappa shape index (κ3) is 4.23. The molecule has 0 aromatic heterocycles. The van der Waals surface area contributed by atoms with Gasteiger partial charge in [-0.1, -0.05) is 0 Å². The van der Waals surface area contributed by atoms with Gasteiger partial charge in [0, 0.05) is 13.0 Å². The molecule has 0 aliphatic heterocycles. The highest BCUT2D eigenvalue weighted by molar-refractivity contribution is 5.17. The number of aliphatic hydroxyl groups excluding tert-OH is 1. The second-order valence-electron chi connectivity index (χ2n) is 6.62. The van der Waals surface area contributed by atoms with E-state index in [1.165, 1.54) is 0 Å². The topological polar surface area (TPSA) is 20.2 Å². The van der Waals surface area contributed by atoms with E-state index in [1.807, 2.05) is 0 Å². The Morgan fingerprint density at radius 3 is 0.800 bits per heavy atom. The lowest BCUT2D eigenvalue weighted by Crippen LogP contribution is -2.76. The number of rotatable bonds is 11. The van der Waals surface area contributed by atoms with E-state index in [-0.39, 0.29) is 0 Å². The van der Waals surface area contributed by atoms with E-state index in [0.717, 1.165) is 0 Å². The van der Waals surface area contributed by atoms with Gasteiger partial charge in [-0.3, -0.25) is 0 Å². The lowest BCUT2D eigenvalue weighted by molar-refractivity contribution is -0.474. The molecule has 1 N–H and O–H groups in total. The van der Waals surface area contributed by atoms with Crippen LogP contribution in [0.4, 0.5) is 92.2 Å². The van der Waals surface area contributed by atoms with Crippen LogP contribution in [0.25, 0.3) is 0 Å². The third-order valence-electron chi connectivity index (χ3n) is 4.22. The summed E-state index contributed by atoms with van der Waals surface area (Å²) in [4.78, 5) is 0. The minimum absolute atomic E-state index is 1.59. The Kier molecular flexibility index (Phi) is 8.15. The smallest absolute Gasteiger partial charge is 0.396 e. The molecule has 0 saturated heterocycles. The van der Waals surface area contributed by atoms with Crippen molar-refractivity contribution in [3.8, 4) is 0 Å². The highest BCUT2D eigenvalue weighted by atomic mass is 19.4. The molecule has 0 bridgehead atoms. The molecule has 1 nitrogen and oxygen atoms in total. The molecule has 212 valence electrons. The van der Waals surface area contributed by atoms with Gasteiger partial charge < -0.3 is 5.11 Å². The Bertz CT molecular complexity index is 747. The first-order chi connectivity index (χ1) is 14.8. The first-order valence-corrected chi connectivity index (χ1v) is 7.89. The maximum absolute atomic E-state index is 13.4. The highest BCUT2D eigenvalue weighted by Gasteiger charge is 2.97. The summed E-state index contributed by atoms with van der Waals surface area (Å²) in [6, 6.07) is 0. The van der Waals surface area contributed by atoms with Crippen molar-refractivity contribution in [3.05, 3.63) is 0 Å². The number of halogens is 21. The van der Waals surface area contributed by atoms with Crippen LogP contribution in [0.3, 0.4) is 0 Å². The van der Waals surface area contributed by atoms with Crippen LogP contribution in [0.15, 0.2) is 0 Å². The normalized spacial score (nSPS) is 16.6. The van der Waals surface area contributed by atoms with Crippen LogP contribution in [0.2, 0.25) is 0 Å². The van der Waals surface area contributed by atoms with E-state index < -0.39 is 78.9 Å². The fourth-order valence-electron chi connectivity index (χ4n) is 2.05. The molecule has 0 aliphatic rings. The van der Waals surface area contributed by atoms with Gasteiger partial charge in [0.1, 0.15) is 0 Å². The van der Waals surface area contributed by atoms with Crippen LogP contribution in [-0.2, 0) is 0 Å². The summed E-state index contributed by atoms with van der Waals surface area (Å²) in [6.07, 6.45) is -12.5. The molecule has 0 aromatic rings. The summed E-state index contributed by atoms with van der Waals surface area (Å²) in [5.41, 5.74) is 0. The summed E-state index contributed by atoms with van der Waals surface area (Å²) in [5.74, 6) is -76.8. The predicted molar refractivity (Wildman–Crippen MR) is 66.9 cm³/mol. The number of hydrogen-bond donors (Lipinski definition) is 1. The first-order valence-electron chi connectivity index (χ1n) is 7.89. The summed E-state index contributed by atoms with van der Waals surface area (Å²) in [7, 11) is 0. The van der Waals surface area contributed by atoms with Crippen LogP contribution < -0.4 is 0 Å². The number of hydrogen-bond acceptors (Lipinski definition) is 1. The van der Waals surface area contributed by atoms with Gasteiger partial charge in [-0.2, -0.15) is 92.2 Å². The van der Waals surface area contributed by atoms with Crippen molar-refractivity contribution in [2.75, 3.05) is 6.61 Å². The maximum atomic E-state index is 13.4. The minimum atomic E-state index is -9.17. The summed E-state index contributed by atoms with van der Waals surface area (Å²) in [5, 5.41) is 8.15. The van der Waals surface area contributed by atoms with Crippen LogP contribution in [0, 0.1) is 0 Å². The fraction of sp³-hybridized carbons (Fsp3) is 1.00. The van der Waals surface area contributed by atoms with E-state index in [1.54, 1.807) is 0 Å². The Labute approximate surface area is 177 Å². The van der Waals surface area contributed by atoms with Gasteiger partial charge in [0.05, 0.1) is 0 Å². The fourth-order valence-corrected chi connectivity index (χ4v) is 2.05. The quantitative estimate of drug-likeness (QED) is 0.261. The van der Waals surface area contributed by atoms with Crippen molar-refractivity contribution in [1.82, 2.24) is 0 Å². The van der Waals surface area contributed by atoms with Crippen molar-refractivity contribution >= 4 is 0 Å². The van der Waals surface area contributed by atoms with Gasteiger partial charge in [0.2, 0.25) is 0 Å². The first kappa shape index (κ1) is 33.5. The Morgan fingerprint density at radius 1 is 0.343 bits per heavy atom. The van der Waals surface area contributed by atoms with Gasteiger partial charge in [0.15, 0.2) is 0 Å².